The monoisotopic (exact) mass is 254 g/mol. The van der Waals surface area contributed by atoms with E-state index in [2.05, 4.69) is 14.1 Å². The SMILES string of the molecule is O=C(Nc1cnsn1)N1C[C@@H]2C[C@@H](CO)C[C@@H]21. The lowest BCUT2D eigenvalue weighted by molar-refractivity contribution is 0.0796. The summed E-state index contributed by atoms with van der Waals surface area (Å²) in [6, 6.07) is 0.205. The summed E-state index contributed by atoms with van der Waals surface area (Å²) in [6.45, 7) is 1.03. The minimum atomic E-state index is -0.0995. The van der Waals surface area contributed by atoms with Gasteiger partial charge in [-0.3, -0.25) is 5.32 Å². The van der Waals surface area contributed by atoms with Crippen LogP contribution in [0, 0.1) is 11.8 Å². The molecule has 1 saturated heterocycles. The van der Waals surface area contributed by atoms with Gasteiger partial charge in [0.15, 0.2) is 5.82 Å². The predicted molar refractivity (Wildman–Crippen MR) is 62.7 cm³/mol. The zero-order valence-corrected chi connectivity index (χ0v) is 10.1. The molecule has 1 aromatic heterocycles. The van der Waals surface area contributed by atoms with Gasteiger partial charge in [-0.25, -0.2) is 4.79 Å². The van der Waals surface area contributed by atoms with Crippen molar-refractivity contribution >= 4 is 23.6 Å². The summed E-state index contributed by atoms with van der Waals surface area (Å²) in [5.41, 5.74) is 0. The van der Waals surface area contributed by atoms with Gasteiger partial charge in [0, 0.05) is 19.2 Å². The van der Waals surface area contributed by atoms with Crippen LogP contribution >= 0.6 is 11.7 Å². The zero-order valence-electron chi connectivity index (χ0n) is 9.24. The maximum absolute atomic E-state index is 11.9. The van der Waals surface area contributed by atoms with Gasteiger partial charge in [0.1, 0.15) is 0 Å². The van der Waals surface area contributed by atoms with Crippen molar-refractivity contribution in [3.8, 4) is 0 Å². The number of nitrogens with zero attached hydrogens (tertiary/aromatic N) is 3. The third kappa shape index (κ3) is 1.89. The molecule has 2 aliphatic rings. The molecule has 3 rings (SSSR count). The Morgan fingerprint density at radius 3 is 3.24 bits per heavy atom. The molecule has 17 heavy (non-hydrogen) atoms. The van der Waals surface area contributed by atoms with Gasteiger partial charge in [0.2, 0.25) is 0 Å². The number of carbonyl (C=O) groups is 1. The lowest BCUT2D eigenvalue weighted by Gasteiger charge is -2.44. The van der Waals surface area contributed by atoms with Crippen LogP contribution in [0.4, 0.5) is 10.6 Å². The van der Waals surface area contributed by atoms with Gasteiger partial charge in [0.25, 0.3) is 0 Å². The molecule has 2 heterocycles. The molecule has 92 valence electrons. The highest BCUT2D eigenvalue weighted by Gasteiger charge is 2.48. The zero-order chi connectivity index (χ0) is 11.8. The second-order valence-corrected chi connectivity index (χ2v) is 5.28. The first-order valence-corrected chi connectivity index (χ1v) is 6.47. The van der Waals surface area contributed by atoms with E-state index in [-0.39, 0.29) is 12.6 Å². The molecule has 2 fully saturated rings. The van der Waals surface area contributed by atoms with Gasteiger partial charge in [-0.2, -0.15) is 8.75 Å². The van der Waals surface area contributed by atoms with Crippen molar-refractivity contribution < 1.29 is 9.90 Å². The fourth-order valence-corrected chi connectivity index (χ4v) is 3.20. The molecule has 6 nitrogen and oxygen atoms in total. The van der Waals surface area contributed by atoms with Crippen LogP contribution in [0.5, 0.6) is 0 Å². The highest BCUT2D eigenvalue weighted by Crippen LogP contribution is 2.42. The van der Waals surface area contributed by atoms with Crippen molar-refractivity contribution in [2.75, 3.05) is 18.5 Å². The van der Waals surface area contributed by atoms with Crippen LogP contribution in [-0.2, 0) is 0 Å². The largest absolute Gasteiger partial charge is 0.396 e. The summed E-state index contributed by atoms with van der Waals surface area (Å²) in [5.74, 6) is 1.45. The number of nitrogens with one attached hydrogen (secondary N) is 1. The highest BCUT2D eigenvalue weighted by atomic mass is 32.1. The fourth-order valence-electron chi connectivity index (χ4n) is 2.83. The van der Waals surface area contributed by atoms with E-state index in [1.54, 1.807) is 6.20 Å². The Morgan fingerprint density at radius 1 is 1.65 bits per heavy atom. The third-order valence-electron chi connectivity index (χ3n) is 3.70. The number of amides is 2. The van der Waals surface area contributed by atoms with Crippen molar-refractivity contribution in [1.82, 2.24) is 13.6 Å². The maximum Gasteiger partial charge on any atom is 0.323 e. The standard InChI is InChI=1S/C10H14N4O2S/c15-5-6-1-7-4-14(8(7)2-6)10(16)12-9-3-11-17-13-9/h3,6-8,15H,1-2,4-5H2,(H,12,13,16)/t6-,7+,8+/m1/s1. The van der Waals surface area contributed by atoms with Crippen molar-refractivity contribution in [2.24, 2.45) is 11.8 Å². The smallest absolute Gasteiger partial charge is 0.323 e. The lowest BCUT2D eigenvalue weighted by Crippen LogP contribution is -2.57. The van der Waals surface area contributed by atoms with E-state index >= 15 is 0 Å². The molecule has 2 N–H and O–H groups in total. The molecular formula is C10H14N4O2S. The van der Waals surface area contributed by atoms with E-state index in [0.29, 0.717) is 23.7 Å². The molecule has 0 radical (unpaired) electrons. The first-order chi connectivity index (χ1) is 8.28. The van der Waals surface area contributed by atoms with E-state index in [1.165, 1.54) is 0 Å². The molecule has 7 heteroatoms. The molecular weight excluding hydrogens is 240 g/mol. The number of aliphatic hydroxyl groups excluding tert-OH is 1. The van der Waals surface area contributed by atoms with Crippen LogP contribution in [-0.4, -0.2) is 44.0 Å². The number of fused-ring (bicyclic) bond motifs is 1. The van der Waals surface area contributed by atoms with Gasteiger partial charge in [-0.15, -0.1) is 0 Å². The Balaban J connectivity index is 1.58. The average Bonchev–Trinajstić information content (AvgIpc) is 2.89. The number of likely N-dealkylation sites (tertiary alicyclic amines) is 1. The van der Waals surface area contributed by atoms with Gasteiger partial charge >= 0.3 is 6.03 Å². The summed E-state index contributed by atoms with van der Waals surface area (Å²) in [5, 5.41) is 11.9. The average molecular weight is 254 g/mol. The molecule has 0 unspecified atom stereocenters. The van der Waals surface area contributed by atoms with Crippen molar-refractivity contribution in [3.05, 3.63) is 6.20 Å². The van der Waals surface area contributed by atoms with Crippen molar-refractivity contribution in [1.29, 1.82) is 0 Å². The molecule has 0 spiro atoms. The van der Waals surface area contributed by atoms with Crippen LogP contribution < -0.4 is 5.32 Å². The number of hydrogen-bond donors (Lipinski definition) is 2. The molecule has 1 aliphatic heterocycles. The topological polar surface area (TPSA) is 78.4 Å². The predicted octanol–water partition coefficient (Wildman–Crippen LogP) is 0.773. The first-order valence-electron chi connectivity index (χ1n) is 5.74. The Kier molecular flexibility index (Phi) is 2.71. The highest BCUT2D eigenvalue weighted by molar-refractivity contribution is 6.99. The van der Waals surface area contributed by atoms with Crippen LogP contribution in [0.25, 0.3) is 0 Å². The summed E-state index contributed by atoms with van der Waals surface area (Å²) in [4.78, 5) is 13.8. The third-order valence-corrected chi connectivity index (χ3v) is 4.18. The lowest BCUT2D eigenvalue weighted by atomic mass is 9.92. The summed E-state index contributed by atoms with van der Waals surface area (Å²) < 4.78 is 7.78. The summed E-state index contributed by atoms with van der Waals surface area (Å²) >= 11 is 1.08. The summed E-state index contributed by atoms with van der Waals surface area (Å²) in [7, 11) is 0. The van der Waals surface area contributed by atoms with Crippen LogP contribution in [0.15, 0.2) is 6.20 Å². The molecule has 2 amide bonds. The summed E-state index contributed by atoms with van der Waals surface area (Å²) in [6.07, 6.45) is 3.51. The molecule has 1 aromatic rings. The van der Waals surface area contributed by atoms with E-state index in [1.807, 2.05) is 4.90 Å². The van der Waals surface area contributed by atoms with Crippen LogP contribution in [0.3, 0.4) is 0 Å². The molecule has 0 bridgehead atoms. The van der Waals surface area contributed by atoms with E-state index < -0.39 is 0 Å². The van der Waals surface area contributed by atoms with Gasteiger partial charge in [0.05, 0.1) is 17.9 Å². The van der Waals surface area contributed by atoms with E-state index in [0.717, 1.165) is 31.1 Å². The number of urea groups is 1. The quantitative estimate of drug-likeness (QED) is 0.817. The first kappa shape index (κ1) is 10.9. The Labute approximate surface area is 103 Å². The van der Waals surface area contributed by atoms with Crippen LogP contribution in [0.1, 0.15) is 12.8 Å². The molecule has 0 aromatic carbocycles. The number of hydrogen-bond acceptors (Lipinski definition) is 5. The fraction of sp³-hybridized carbons (Fsp3) is 0.700. The Morgan fingerprint density at radius 2 is 2.53 bits per heavy atom. The molecule has 1 saturated carbocycles. The second kappa shape index (κ2) is 4.23. The number of aliphatic hydroxyl groups is 1. The van der Waals surface area contributed by atoms with Crippen molar-refractivity contribution in [3.63, 3.8) is 0 Å². The van der Waals surface area contributed by atoms with Gasteiger partial charge < -0.3 is 10.0 Å². The number of anilines is 1. The maximum atomic E-state index is 11.9. The minimum absolute atomic E-state index is 0.0995. The Bertz CT molecular complexity index is 410. The van der Waals surface area contributed by atoms with Crippen LogP contribution in [0.2, 0.25) is 0 Å². The van der Waals surface area contributed by atoms with Gasteiger partial charge in [-0.05, 0) is 24.7 Å². The number of carbonyl (C=O) groups excluding carboxylic acids is 1. The second-order valence-electron chi connectivity index (χ2n) is 4.72. The van der Waals surface area contributed by atoms with Gasteiger partial charge in [-0.1, -0.05) is 0 Å². The van der Waals surface area contributed by atoms with E-state index in [4.69, 9.17) is 5.11 Å². The normalized spacial score (nSPS) is 30.9. The van der Waals surface area contributed by atoms with Crippen molar-refractivity contribution in [2.45, 2.75) is 18.9 Å². The van der Waals surface area contributed by atoms with E-state index in [9.17, 15) is 4.79 Å². The molecule has 3 atom stereocenters. The number of aromatic nitrogens is 2. The number of rotatable bonds is 2. The molecule has 1 aliphatic carbocycles. The Hall–Kier alpha value is -1.21. The minimum Gasteiger partial charge on any atom is -0.396 e.